The lowest BCUT2D eigenvalue weighted by atomic mass is 9.77. The number of halogens is 2. The monoisotopic (exact) mass is 312 g/mol. The number of carbonyl (C=O) groups is 1. The van der Waals surface area contributed by atoms with Gasteiger partial charge in [0.2, 0.25) is 0 Å². The highest BCUT2D eigenvalue weighted by atomic mass is 19.3. The van der Waals surface area contributed by atoms with Gasteiger partial charge in [-0.25, -0.2) is 8.78 Å². The van der Waals surface area contributed by atoms with Crippen LogP contribution in [0.1, 0.15) is 43.7 Å². The summed E-state index contributed by atoms with van der Waals surface area (Å²) in [5.74, 6) is -3.53. The molecule has 1 aromatic rings. The Morgan fingerprint density at radius 1 is 1.23 bits per heavy atom. The average Bonchev–Trinajstić information content (AvgIpc) is 2.96. The normalized spacial score (nSPS) is 20.0. The van der Waals surface area contributed by atoms with Crippen molar-refractivity contribution in [3.8, 4) is 11.5 Å². The minimum Gasteiger partial charge on any atom is -0.486 e. The van der Waals surface area contributed by atoms with Gasteiger partial charge in [-0.3, -0.25) is 4.79 Å². The molecular formula is C16H18F2O4. The summed E-state index contributed by atoms with van der Waals surface area (Å²) < 4.78 is 38.6. The van der Waals surface area contributed by atoms with Crippen molar-refractivity contribution in [1.82, 2.24) is 0 Å². The molecule has 22 heavy (non-hydrogen) atoms. The number of alkyl halides is 2. The number of rotatable bonds is 3. The summed E-state index contributed by atoms with van der Waals surface area (Å²) in [4.78, 5) is 11.9. The number of benzene rings is 1. The summed E-state index contributed by atoms with van der Waals surface area (Å²) in [6, 6.07) is 2.54. The summed E-state index contributed by atoms with van der Waals surface area (Å²) in [6.07, 6.45) is 2.37. The molecule has 0 spiro atoms. The minimum absolute atomic E-state index is 0.216. The van der Waals surface area contributed by atoms with Crippen LogP contribution >= 0.6 is 0 Å². The molecular weight excluding hydrogens is 294 g/mol. The smallest absolute Gasteiger partial charge is 0.314 e. The molecule has 2 aliphatic rings. The first-order valence-electron chi connectivity index (χ1n) is 7.40. The third-order valence-corrected chi connectivity index (χ3v) is 4.53. The van der Waals surface area contributed by atoms with Gasteiger partial charge in [0.1, 0.15) is 13.2 Å². The van der Waals surface area contributed by atoms with Gasteiger partial charge in [-0.05, 0) is 25.0 Å². The highest BCUT2D eigenvalue weighted by Crippen LogP contribution is 2.50. The Hall–Kier alpha value is -1.85. The van der Waals surface area contributed by atoms with Crippen molar-refractivity contribution in [3.63, 3.8) is 0 Å². The lowest BCUT2D eigenvalue weighted by Crippen LogP contribution is -2.34. The lowest BCUT2D eigenvalue weighted by molar-refractivity contribution is -0.143. The SMILES string of the molecule is CC(F)(F)c1cc2c(c(C3(C(=O)O)CCCC3)c1)OCCO2. The molecule has 3 rings (SSSR count). The van der Waals surface area contributed by atoms with Gasteiger partial charge >= 0.3 is 5.97 Å². The summed E-state index contributed by atoms with van der Waals surface area (Å²) >= 11 is 0. The predicted molar refractivity (Wildman–Crippen MR) is 74.8 cm³/mol. The largest absolute Gasteiger partial charge is 0.486 e. The van der Waals surface area contributed by atoms with Gasteiger partial charge in [0.15, 0.2) is 11.5 Å². The van der Waals surface area contributed by atoms with Gasteiger partial charge in [0.25, 0.3) is 5.92 Å². The van der Waals surface area contributed by atoms with E-state index in [0.717, 1.165) is 19.8 Å². The van der Waals surface area contributed by atoms with Crippen molar-refractivity contribution in [1.29, 1.82) is 0 Å². The topological polar surface area (TPSA) is 55.8 Å². The van der Waals surface area contributed by atoms with Gasteiger partial charge in [-0.15, -0.1) is 0 Å². The molecule has 0 atom stereocenters. The molecule has 0 unspecified atom stereocenters. The average molecular weight is 312 g/mol. The van der Waals surface area contributed by atoms with Gasteiger partial charge in [0, 0.05) is 18.1 Å². The molecule has 0 bridgehead atoms. The third kappa shape index (κ3) is 2.30. The van der Waals surface area contributed by atoms with Crippen LogP contribution in [0, 0.1) is 0 Å². The highest BCUT2D eigenvalue weighted by Gasteiger charge is 2.47. The number of aliphatic carboxylic acids is 1. The Morgan fingerprint density at radius 2 is 1.86 bits per heavy atom. The first kappa shape index (κ1) is 15.1. The Labute approximate surface area is 127 Å². The molecule has 6 heteroatoms. The number of carboxylic acids is 1. The lowest BCUT2D eigenvalue weighted by Gasteiger charge is -2.31. The number of ether oxygens (including phenoxy) is 2. The van der Waals surface area contributed by atoms with Crippen molar-refractivity contribution < 1.29 is 28.2 Å². The second-order valence-corrected chi connectivity index (χ2v) is 6.03. The molecule has 0 amide bonds. The Bertz CT molecular complexity index is 601. The van der Waals surface area contributed by atoms with Crippen LogP contribution in [0.3, 0.4) is 0 Å². The van der Waals surface area contributed by atoms with Crippen molar-refractivity contribution in [2.45, 2.75) is 43.9 Å². The van der Waals surface area contributed by atoms with Gasteiger partial charge < -0.3 is 14.6 Å². The molecule has 1 aliphatic carbocycles. The fraction of sp³-hybridized carbons (Fsp3) is 0.562. The zero-order valence-electron chi connectivity index (χ0n) is 12.3. The second kappa shape index (κ2) is 5.11. The van der Waals surface area contributed by atoms with E-state index in [0.29, 0.717) is 24.2 Å². The number of hydrogen-bond donors (Lipinski definition) is 1. The maximum Gasteiger partial charge on any atom is 0.314 e. The molecule has 1 heterocycles. The van der Waals surface area contributed by atoms with E-state index in [4.69, 9.17) is 9.47 Å². The molecule has 0 saturated heterocycles. The van der Waals surface area contributed by atoms with Crippen LogP contribution in [0.25, 0.3) is 0 Å². The van der Waals surface area contributed by atoms with Crippen molar-refractivity contribution in [3.05, 3.63) is 23.3 Å². The standard InChI is InChI=1S/C16H18F2O4/c1-15(17,18)10-8-11(13-12(9-10)21-6-7-22-13)16(14(19)20)4-2-3-5-16/h8-9H,2-7H2,1H3,(H,19,20). The van der Waals surface area contributed by atoms with Crippen molar-refractivity contribution in [2.75, 3.05) is 13.2 Å². The van der Waals surface area contributed by atoms with Crippen LogP contribution in [0.15, 0.2) is 12.1 Å². The molecule has 1 fully saturated rings. The number of fused-ring (bicyclic) bond motifs is 1. The maximum atomic E-state index is 13.8. The molecule has 1 aliphatic heterocycles. The van der Waals surface area contributed by atoms with Gasteiger partial charge in [0.05, 0.1) is 5.41 Å². The summed E-state index contributed by atoms with van der Waals surface area (Å²) in [7, 11) is 0. The van der Waals surface area contributed by atoms with Gasteiger partial charge in [-0.1, -0.05) is 12.8 Å². The number of hydrogen-bond acceptors (Lipinski definition) is 3. The van der Waals surface area contributed by atoms with E-state index < -0.39 is 17.3 Å². The minimum atomic E-state index is -3.07. The van der Waals surface area contributed by atoms with Crippen LogP contribution in [-0.4, -0.2) is 24.3 Å². The Kier molecular flexibility index (Phi) is 3.50. The van der Waals surface area contributed by atoms with Crippen LogP contribution in [0.4, 0.5) is 8.78 Å². The maximum absolute atomic E-state index is 13.8. The first-order chi connectivity index (χ1) is 10.3. The van der Waals surface area contributed by atoms with Crippen LogP contribution in [0.5, 0.6) is 11.5 Å². The van der Waals surface area contributed by atoms with Gasteiger partial charge in [-0.2, -0.15) is 0 Å². The zero-order chi connectivity index (χ0) is 16.0. The van der Waals surface area contributed by atoms with Crippen LogP contribution < -0.4 is 9.47 Å². The molecule has 1 N–H and O–H groups in total. The summed E-state index contributed by atoms with van der Waals surface area (Å²) in [5, 5.41) is 9.73. The van der Waals surface area contributed by atoms with E-state index in [2.05, 4.69) is 0 Å². The zero-order valence-corrected chi connectivity index (χ0v) is 12.3. The fourth-order valence-corrected chi connectivity index (χ4v) is 3.34. The second-order valence-electron chi connectivity index (χ2n) is 6.03. The van der Waals surface area contributed by atoms with E-state index in [-0.39, 0.29) is 24.5 Å². The van der Waals surface area contributed by atoms with Crippen LogP contribution in [-0.2, 0) is 16.1 Å². The summed E-state index contributed by atoms with van der Waals surface area (Å²) in [6.45, 7) is 1.35. The molecule has 1 saturated carbocycles. The molecule has 4 nitrogen and oxygen atoms in total. The first-order valence-corrected chi connectivity index (χ1v) is 7.40. The molecule has 1 aromatic carbocycles. The predicted octanol–water partition coefficient (Wildman–Crippen LogP) is 3.47. The molecule has 120 valence electrons. The van der Waals surface area contributed by atoms with E-state index in [9.17, 15) is 18.7 Å². The van der Waals surface area contributed by atoms with E-state index in [1.807, 2.05) is 0 Å². The van der Waals surface area contributed by atoms with Crippen molar-refractivity contribution in [2.24, 2.45) is 0 Å². The van der Waals surface area contributed by atoms with E-state index >= 15 is 0 Å². The molecule has 0 aromatic heterocycles. The van der Waals surface area contributed by atoms with Crippen LogP contribution in [0.2, 0.25) is 0 Å². The third-order valence-electron chi connectivity index (χ3n) is 4.53. The highest BCUT2D eigenvalue weighted by molar-refractivity contribution is 5.83. The Balaban J connectivity index is 2.22. The Morgan fingerprint density at radius 3 is 2.45 bits per heavy atom. The number of carboxylic acid groups (broad SMARTS) is 1. The van der Waals surface area contributed by atoms with E-state index in [1.165, 1.54) is 12.1 Å². The molecule has 0 radical (unpaired) electrons. The summed E-state index contributed by atoms with van der Waals surface area (Å²) in [5.41, 5.74) is -1.07. The fourth-order valence-electron chi connectivity index (χ4n) is 3.34. The quantitative estimate of drug-likeness (QED) is 0.928. The van der Waals surface area contributed by atoms with E-state index in [1.54, 1.807) is 0 Å². The van der Waals surface area contributed by atoms with Crippen molar-refractivity contribution >= 4 is 5.97 Å².